The van der Waals surface area contributed by atoms with Crippen molar-refractivity contribution in [3.63, 3.8) is 0 Å². The minimum atomic E-state index is 0. The summed E-state index contributed by atoms with van der Waals surface area (Å²) in [6, 6.07) is 0.491. The van der Waals surface area contributed by atoms with Crippen molar-refractivity contribution >= 4 is 41.3 Å². The monoisotopic (exact) mass is 439 g/mol. The van der Waals surface area contributed by atoms with Crippen molar-refractivity contribution in [1.82, 2.24) is 20.5 Å². The van der Waals surface area contributed by atoms with Gasteiger partial charge in [0.1, 0.15) is 5.01 Å². The molecule has 0 spiro atoms. The number of likely N-dealkylation sites (N-methyl/N-ethyl adjacent to an activating group) is 1. The number of aryl methyl sites for hydroxylation is 1. The molecule has 0 aliphatic carbocycles. The van der Waals surface area contributed by atoms with Crippen LogP contribution in [0.25, 0.3) is 0 Å². The number of guanidine groups is 1. The van der Waals surface area contributed by atoms with Gasteiger partial charge in [-0.05, 0) is 26.4 Å². The number of halogens is 1. The summed E-state index contributed by atoms with van der Waals surface area (Å²) in [5, 5.41) is 7.81. The van der Waals surface area contributed by atoms with Crippen LogP contribution in [0.1, 0.15) is 37.6 Å². The fourth-order valence-electron chi connectivity index (χ4n) is 2.19. The van der Waals surface area contributed by atoms with E-state index >= 15 is 0 Å². The van der Waals surface area contributed by atoms with E-state index in [1.807, 2.05) is 6.20 Å². The quantitative estimate of drug-likeness (QED) is 0.372. The van der Waals surface area contributed by atoms with Gasteiger partial charge in [0.15, 0.2) is 5.96 Å². The minimum absolute atomic E-state index is 0. The summed E-state index contributed by atoms with van der Waals surface area (Å²) in [6.45, 7) is 12.5. The molecule has 0 aliphatic heterocycles. The second-order valence-corrected chi connectivity index (χ2v) is 6.15. The molecule has 0 amide bonds. The highest BCUT2D eigenvalue weighted by molar-refractivity contribution is 14.0. The number of nitrogens with one attached hydrogen (secondary N) is 2. The van der Waals surface area contributed by atoms with E-state index in [-0.39, 0.29) is 24.0 Å². The van der Waals surface area contributed by atoms with Crippen molar-refractivity contribution < 1.29 is 0 Å². The maximum atomic E-state index is 4.41. The molecule has 7 heteroatoms. The highest BCUT2D eigenvalue weighted by atomic mass is 127. The molecule has 0 radical (unpaired) electrons. The number of hydrogen-bond donors (Lipinski definition) is 2. The number of thiazole rings is 1. The van der Waals surface area contributed by atoms with Crippen LogP contribution >= 0.6 is 35.3 Å². The third-order valence-corrected chi connectivity index (χ3v) is 4.72. The molecule has 1 unspecified atom stereocenters. The van der Waals surface area contributed by atoms with Crippen molar-refractivity contribution in [3.05, 3.63) is 16.1 Å². The van der Waals surface area contributed by atoms with Crippen LogP contribution in [0.2, 0.25) is 0 Å². The first-order valence-corrected chi connectivity index (χ1v) is 8.58. The summed E-state index contributed by atoms with van der Waals surface area (Å²) in [5.74, 6) is 0.835. The Bertz CT molecular complexity index is 431. The molecule has 0 aromatic carbocycles. The molecule has 1 aromatic rings. The van der Waals surface area contributed by atoms with Crippen LogP contribution in [0.15, 0.2) is 11.2 Å². The summed E-state index contributed by atoms with van der Waals surface area (Å²) < 4.78 is 0. The lowest BCUT2D eigenvalue weighted by atomic mass is 10.3. The third-order valence-electron chi connectivity index (χ3n) is 3.58. The maximum Gasteiger partial charge on any atom is 0.191 e. The number of hydrogen-bond acceptors (Lipinski definition) is 4. The SMILES string of the molecule is CCc1cnc(CNC(=NC)NCC(C)N(CC)CC)s1.I. The molecule has 1 atom stereocenters. The summed E-state index contributed by atoms with van der Waals surface area (Å²) in [4.78, 5) is 12.4. The van der Waals surface area contributed by atoms with Gasteiger partial charge in [-0.15, -0.1) is 35.3 Å². The lowest BCUT2D eigenvalue weighted by molar-refractivity contribution is 0.231. The standard InChI is InChI=1S/C15H29N5S.HI/c1-6-13-10-17-14(21-13)11-19-15(16-5)18-9-12(4)20(7-2)8-3;/h10,12H,6-9,11H2,1-5H3,(H2,16,18,19);1H. The topological polar surface area (TPSA) is 52.6 Å². The molecule has 1 aromatic heterocycles. The summed E-state index contributed by atoms with van der Waals surface area (Å²) in [6.07, 6.45) is 3.01. The molecule has 0 bridgehead atoms. The van der Waals surface area contributed by atoms with Gasteiger partial charge >= 0.3 is 0 Å². The largest absolute Gasteiger partial charge is 0.355 e. The molecule has 2 N–H and O–H groups in total. The molecule has 0 fully saturated rings. The van der Waals surface area contributed by atoms with Crippen LogP contribution in [0.3, 0.4) is 0 Å². The van der Waals surface area contributed by atoms with Gasteiger partial charge in [0.2, 0.25) is 0 Å². The zero-order chi connectivity index (χ0) is 15.7. The lowest BCUT2D eigenvalue weighted by Gasteiger charge is -2.27. The maximum absolute atomic E-state index is 4.41. The third kappa shape index (κ3) is 7.23. The Morgan fingerprint density at radius 1 is 1.32 bits per heavy atom. The van der Waals surface area contributed by atoms with E-state index in [0.29, 0.717) is 6.04 Å². The Morgan fingerprint density at radius 2 is 2.00 bits per heavy atom. The molecular weight excluding hydrogens is 409 g/mol. The molecule has 22 heavy (non-hydrogen) atoms. The van der Waals surface area contributed by atoms with Crippen LogP contribution in [0, 0.1) is 0 Å². The van der Waals surface area contributed by atoms with Gasteiger partial charge in [-0.25, -0.2) is 4.98 Å². The molecule has 1 heterocycles. The van der Waals surface area contributed by atoms with Gasteiger partial charge in [-0.2, -0.15) is 0 Å². The molecule has 0 saturated carbocycles. The zero-order valence-corrected chi connectivity index (χ0v) is 17.5. The predicted octanol–water partition coefficient (Wildman–Crippen LogP) is 2.72. The Balaban J connectivity index is 0.00000441. The smallest absolute Gasteiger partial charge is 0.191 e. The van der Waals surface area contributed by atoms with E-state index in [2.05, 4.69) is 53.2 Å². The summed E-state index contributed by atoms with van der Waals surface area (Å²) >= 11 is 1.76. The van der Waals surface area contributed by atoms with Crippen LogP contribution in [-0.4, -0.2) is 48.6 Å². The number of rotatable bonds is 8. The van der Waals surface area contributed by atoms with Gasteiger partial charge in [0.05, 0.1) is 6.54 Å². The highest BCUT2D eigenvalue weighted by Gasteiger charge is 2.10. The van der Waals surface area contributed by atoms with E-state index in [1.165, 1.54) is 4.88 Å². The van der Waals surface area contributed by atoms with Crippen molar-refractivity contribution in [3.8, 4) is 0 Å². The van der Waals surface area contributed by atoms with Gasteiger partial charge < -0.3 is 10.6 Å². The first-order valence-electron chi connectivity index (χ1n) is 7.76. The Labute approximate surface area is 156 Å². The van der Waals surface area contributed by atoms with E-state index in [0.717, 1.165) is 43.6 Å². The van der Waals surface area contributed by atoms with Crippen molar-refractivity contribution in [2.45, 2.75) is 46.7 Å². The van der Waals surface area contributed by atoms with E-state index < -0.39 is 0 Å². The first-order chi connectivity index (χ1) is 10.1. The normalized spacial score (nSPS) is 12.9. The zero-order valence-electron chi connectivity index (χ0n) is 14.3. The van der Waals surface area contributed by atoms with Crippen LogP contribution in [0.5, 0.6) is 0 Å². The fraction of sp³-hybridized carbons (Fsp3) is 0.733. The lowest BCUT2D eigenvalue weighted by Crippen LogP contribution is -2.45. The van der Waals surface area contributed by atoms with Gasteiger partial charge in [0.25, 0.3) is 0 Å². The summed E-state index contributed by atoms with van der Waals surface area (Å²) in [5.41, 5.74) is 0. The minimum Gasteiger partial charge on any atom is -0.355 e. The van der Waals surface area contributed by atoms with Gasteiger partial charge in [-0.1, -0.05) is 20.8 Å². The molecule has 128 valence electrons. The highest BCUT2D eigenvalue weighted by Crippen LogP contribution is 2.12. The average Bonchev–Trinajstić information content (AvgIpc) is 2.96. The molecule has 0 saturated heterocycles. The second-order valence-electron chi connectivity index (χ2n) is 4.95. The number of nitrogens with zero attached hydrogens (tertiary/aromatic N) is 3. The van der Waals surface area contributed by atoms with Crippen molar-refractivity contribution in [2.24, 2.45) is 4.99 Å². The number of aliphatic imine (C=N–C) groups is 1. The Hall–Kier alpha value is -0.410. The van der Waals surface area contributed by atoms with Gasteiger partial charge in [0, 0.05) is 30.7 Å². The molecular formula is C15H30IN5S. The molecule has 0 aliphatic rings. The van der Waals surface area contributed by atoms with E-state index in [9.17, 15) is 0 Å². The second kappa shape index (κ2) is 12.1. The van der Waals surface area contributed by atoms with Crippen molar-refractivity contribution in [2.75, 3.05) is 26.7 Å². The Kier molecular flexibility index (Phi) is 11.8. The van der Waals surface area contributed by atoms with Crippen LogP contribution in [0.4, 0.5) is 0 Å². The fourth-order valence-corrected chi connectivity index (χ4v) is 3.00. The molecule has 5 nitrogen and oxygen atoms in total. The number of aromatic nitrogens is 1. The molecule has 1 rings (SSSR count). The Morgan fingerprint density at radius 3 is 2.50 bits per heavy atom. The van der Waals surface area contributed by atoms with E-state index in [4.69, 9.17) is 0 Å². The van der Waals surface area contributed by atoms with Crippen LogP contribution < -0.4 is 10.6 Å². The van der Waals surface area contributed by atoms with Crippen LogP contribution in [-0.2, 0) is 13.0 Å². The average molecular weight is 439 g/mol. The van der Waals surface area contributed by atoms with Gasteiger partial charge in [-0.3, -0.25) is 9.89 Å². The predicted molar refractivity (Wildman–Crippen MR) is 107 cm³/mol. The van der Waals surface area contributed by atoms with Crippen molar-refractivity contribution in [1.29, 1.82) is 0 Å². The first kappa shape index (κ1) is 21.6. The van der Waals surface area contributed by atoms with E-state index in [1.54, 1.807) is 18.4 Å². The summed E-state index contributed by atoms with van der Waals surface area (Å²) in [7, 11) is 1.80.